The Morgan fingerprint density at radius 2 is 0.988 bits per heavy atom. The Kier molecular flexibility index (Phi) is 11.3. The Morgan fingerprint density at radius 1 is 0.439 bits per heavy atom. The maximum Gasteiger partial charge on any atom is 0.297 e. The van der Waals surface area contributed by atoms with E-state index in [1.165, 1.54) is 106 Å². The number of anilines is 9. The summed E-state index contributed by atoms with van der Waals surface area (Å²) < 4.78 is 7.86. The van der Waals surface area contributed by atoms with E-state index in [-0.39, 0.29) is 44.6 Å². The summed E-state index contributed by atoms with van der Waals surface area (Å²) in [5.41, 5.74) is 26.4. The molecule has 3 aliphatic carbocycles. The van der Waals surface area contributed by atoms with Gasteiger partial charge in [0.2, 0.25) is 0 Å². The number of aryl methyl sites for hydroxylation is 1. The van der Waals surface area contributed by atoms with Crippen LogP contribution in [0.3, 0.4) is 0 Å². The number of nitrogens with zero attached hydrogens (tertiary/aromatic N) is 3. The summed E-state index contributed by atoms with van der Waals surface area (Å²) in [4.78, 5) is 7.88. The van der Waals surface area contributed by atoms with Crippen LogP contribution in [-0.4, -0.2) is 6.71 Å². The highest BCUT2D eigenvalue weighted by atomic mass is 16.3. The highest BCUT2D eigenvalue weighted by molar-refractivity contribution is 7.00. The molecule has 5 aliphatic rings. The SMILES string of the molecule is Cc1cc2c(cc1N1c3ccc(C(C)(C)C)cc3B3c4oc5cc6c(cc5c4N(c4ccc5c(c4)C(C)(C)CCC5(C)C)c4cc(N(c5ccccc5)c5ccc7ccccc7c5)cc1c43)C(C)(C)CCC6(C)C)C(C)(C)CCC2(C)C. The van der Waals surface area contributed by atoms with Crippen molar-refractivity contribution in [3.05, 3.63) is 190 Å². The van der Waals surface area contributed by atoms with Gasteiger partial charge in [0, 0.05) is 45.2 Å². The second kappa shape index (κ2) is 17.5. The lowest BCUT2D eigenvalue weighted by Gasteiger charge is -2.46. The molecule has 0 atom stereocenters. The normalized spacial score (nSPS) is 19.2. The van der Waals surface area contributed by atoms with Crippen molar-refractivity contribution < 1.29 is 4.42 Å². The number of fused-ring (bicyclic) bond motifs is 10. The smallest absolute Gasteiger partial charge is 0.297 e. The minimum absolute atomic E-state index is 0.00305. The first-order valence-electron chi connectivity index (χ1n) is 30.8. The van der Waals surface area contributed by atoms with Crippen LogP contribution < -0.4 is 31.3 Å². The van der Waals surface area contributed by atoms with E-state index in [4.69, 9.17) is 4.42 Å². The molecule has 4 nitrogen and oxygen atoms in total. The molecular weight excluding hydrogens is 994 g/mol. The standard InChI is InChI=1S/C77H84BN3O/c1-47-38-57-60(76(13,14)36-34-73(57,7)8)45-64(47)81-63-31-27-50(71(2,3)4)40-62(63)78-68-65(42-54(43-66(68)81)79(51-24-18-17-19-25-51)52-28-26-48-22-20-21-23-49(48)39-52)80(53-29-30-56-58(41-53)74(9,10)33-32-72(56,5)6)69-55-44-59-61(46-67(55)82-70(69)78)77(15,16)37-35-75(59,11)12/h17-31,38-46H,32-37H2,1-16H3. The number of hydrogen-bond donors (Lipinski definition) is 0. The third-order valence-corrected chi connectivity index (χ3v) is 21.3. The average Bonchev–Trinajstić information content (AvgIpc) is 1.54. The fraction of sp³-hybridized carbons (Fsp3) is 0.377. The monoisotopic (exact) mass is 1080 g/mol. The molecular formula is C77H84BN3O. The third kappa shape index (κ3) is 7.97. The Balaban J connectivity index is 1.16. The van der Waals surface area contributed by atoms with Crippen LogP contribution in [0.25, 0.3) is 21.7 Å². The topological polar surface area (TPSA) is 22.9 Å². The Morgan fingerprint density at radius 3 is 1.62 bits per heavy atom. The molecule has 1 aromatic heterocycles. The van der Waals surface area contributed by atoms with Crippen molar-refractivity contribution in [3.8, 4) is 0 Å². The molecule has 8 aromatic carbocycles. The number of rotatable bonds is 5. The van der Waals surface area contributed by atoms with E-state index in [1.807, 2.05) is 0 Å². The highest BCUT2D eigenvalue weighted by Crippen LogP contribution is 2.56. The molecule has 9 aromatic rings. The first kappa shape index (κ1) is 53.1. The van der Waals surface area contributed by atoms with Crippen molar-refractivity contribution in [1.82, 2.24) is 0 Å². The zero-order valence-corrected chi connectivity index (χ0v) is 51.9. The van der Waals surface area contributed by atoms with Gasteiger partial charge in [0.25, 0.3) is 6.71 Å². The van der Waals surface area contributed by atoms with Crippen LogP contribution in [0.5, 0.6) is 0 Å². The van der Waals surface area contributed by atoms with E-state index < -0.39 is 0 Å². The van der Waals surface area contributed by atoms with Gasteiger partial charge in [0.05, 0.1) is 17.0 Å². The zero-order valence-electron chi connectivity index (χ0n) is 51.9. The predicted octanol–water partition coefficient (Wildman–Crippen LogP) is 19.8. The molecule has 82 heavy (non-hydrogen) atoms. The van der Waals surface area contributed by atoms with Gasteiger partial charge < -0.3 is 19.1 Å². The van der Waals surface area contributed by atoms with Crippen LogP contribution in [-0.2, 0) is 37.9 Å². The van der Waals surface area contributed by atoms with Gasteiger partial charge in [-0.05, 0) is 222 Å². The molecule has 3 heterocycles. The van der Waals surface area contributed by atoms with Gasteiger partial charge in [0.1, 0.15) is 5.58 Å². The van der Waals surface area contributed by atoms with Crippen molar-refractivity contribution >= 4 is 96.2 Å². The van der Waals surface area contributed by atoms with Crippen molar-refractivity contribution in [2.75, 3.05) is 14.7 Å². The number of benzene rings is 8. The molecule has 416 valence electrons. The molecule has 0 saturated heterocycles. The van der Waals surface area contributed by atoms with Gasteiger partial charge in [-0.2, -0.15) is 0 Å². The van der Waals surface area contributed by atoms with Gasteiger partial charge in [-0.3, -0.25) is 0 Å². The van der Waals surface area contributed by atoms with Crippen molar-refractivity contribution in [1.29, 1.82) is 0 Å². The van der Waals surface area contributed by atoms with Crippen LogP contribution in [0, 0.1) is 6.92 Å². The highest BCUT2D eigenvalue weighted by Gasteiger charge is 2.50. The minimum atomic E-state index is -0.212. The molecule has 0 spiro atoms. The third-order valence-electron chi connectivity index (χ3n) is 21.3. The zero-order chi connectivity index (χ0) is 57.6. The average molecular weight is 1080 g/mol. The van der Waals surface area contributed by atoms with Gasteiger partial charge in [-0.1, -0.05) is 177 Å². The predicted molar refractivity (Wildman–Crippen MR) is 352 cm³/mol. The molecule has 2 aliphatic heterocycles. The number of para-hydroxylation sites is 1. The molecule has 5 heteroatoms. The lowest BCUT2D eigenvalue weighted by Crippen LogP contribution is -2.61. The van der Waals surface area contributed by atoms with Crippen LogP contribution >= 0.6 is 0 Å². The molecule has 0 fully saturated rings. The Hall–Kier alpha value is -6.98. The second-order valence-corrected chi connectivity index (χ2v) is 30.7. The summed E-state index contributed by atoms with van der Waals surface area (Å²) in [6.45, 7) is 38.8. The number of furan rings is 1. The summed E-state index contributed by atoms with van der Waals surface area (Å²) in [7, 11) is 0. The molecule has 0 N–H and O–H groups in total. The molecule has 0 unspecified atom stereocenters. The lowest BCUT2D eigenvalue weighted by atomic mass is 9.35. The first-order chi connectivity index (χ1) is 38.6. The van der Waals surface area contributed by atoms with E-state index >= 15 is 0 Å². The molecule has 0 bridgehead atoms. The van der Waals surface area contributed by atoms with E-state index in [0.29, 0.717) is 0 Å². The first-order valence-corrected chi connectivity index (χ1v) is 30.8. The van der Waals surface area contributed by atoms with Gasteiger partial charge >= 0.3 is 0 Å². The van der Waals surface area contributed by atoms with Crippen molar-refractivity contribution in [2.24, 2.45) is 0 Å². The Bertz CT molecular complexity index is 4140. The minimum Gasteiger partial charge on any atom is -0.468 e. The molecule has 0 saturated carbocycles. The molecule has 0 amide bonds. The summed E-state index contributed by atoms with van der Waals surface area (Å²) in [6.07, 6.45) is 6.87. The van der Waals surface area contributed by atoms with Crippen LogP contribution in [0.1, 0.15) is 187 Å². The van der Waals surface area contributed by atoms with Crippen molar-refractivity contribution in [2.45, 2.75) is 187 Å². The molecule has 0 radical (unpaired) electrons. The van der Waals surface area contributed by atoms with E-state index in [2.05, 4.69) is 271 Å². The quantitative estimate of drug-likeness (QED) is 0.160. The van der Waals surface area contributed by atoms with E-state index in [0.717, 1.165) is 66.1 Å². The number of hydrogen-bond acceptors (Lipinski definition) is 4. The summed E-state index contributed by atoms with van der Waals surface area (Å²) >= 11 is 0. The van der Waals surface area contributed by atoms with Crippen LogP contribution in [0.2, 0.25) is 0 Å². The van der Waals surface area contributed by atoms with Crippen LogP contribution in [0.15, 0.2) is 150 Å². The maximum atomic E-state index is 7.86. The van der Waals surface area contributed by atoms with Gasteiger partial charge in [-0.25, -0.2) is 0 Å². The largest absolute Gasteiger partial charge is 0.468 e. The van der Waals surface area contributed by atoms with Gasteiger partial charge in [-0.15, -0.1) is 0 Å². The second-order valence-electron chi connectivity index (χ2n) is 30.7. The molecule has 14 rings (SSSR count). The maximum absolute atomic E-state index is 7.86. The fourth-order valence-electron chi connectivity index (χ4n) is 15.7. The summed E-state index contributed by atoms with van der Waals surface area (Å²) in [5.74, 6) is 0. The summed E-state index contributed by atoms with van der Waals surface area (Å²) in [6, 6.07) is 57.1. The van der Waals surface area contributed by atoms with Crippen molar-refractivity contribution in [3.63, 3.8) is 0 Å². The lowest BCUT2D eigenvalue weighted by molar-refractivity contribution is 0.332. The van der Waals surface area contributed by atoms with E-state index in [9.17, 15) is 0 Å². The fourth-order valence-corrected chi connectivity index (χ4v) is 15.7. The van der Waals surface area contributed by atoms with Gasteiger partial charge in [0.15, 0.2) is 0 Å². The van der Waals surface area contributed by atoms with E-state index in [1.54, 1.807) is 0 Å². The van der Waals surface area contributed by atoms with Crippen LogP contribution in [0.4, 0.5) is 51.2 Å². The summed E-state index contributed by atoms with van der Waals surface area (Å²) in [5, 5.41) is 3.63. The Labute approximate surface area is 490 Å².